The van der Waals surface area contributed by atoms with Crippen LogP contribution in [0.5, 0.6) is 5.88 Å². The van der Waals surface area contributed by atoms with E-state index in [1.165, 1.54) is 13.0 Å². The van der Waals surface area contributed by atoms with Crippen LogP contribution in [-0.4, -0.2) is 22.2 Å². The van der Waals surface area contributed by atoms with Crippen LogP contribution in [0.2, 0.25) is 5.02 Å². The molecule has 2 aromatic heterocycles. The first-order chi connectivity index (χ1) is 9.92. The smallest absolute Gasteiger partial charge is 0.388 e. The van der Waals surface area contributed by atoms with E-state index in [1.807, 2.05) is 6.92 Å². The van der Waals surface area contributed by atoms with Crippen molar-refractivity contribution < 1.29 is 22.8 Å². The Morgan fingerprint density at radius 2 is 2.33 bits per heavy atom. The van der Waals surface area contributed by atoms with Crippen LogP contribution < -0.4 is 10.1 Å². The molecule has 0 unspecified atom stereocenters. The van der Waals surface area contributed by atoms with Crippen LogP contribution in [-0.2, 0) is 6.54 Å². The first-order valence-corrected chi connectivity index (χ1v) is 6.38. The molecule has 9 heteroatoms. The average molecular weight is 320 g/mol. The molecule has 0 aliphatic heterocycles. The highest BCUT2D eigenvalue weighted by Gasteiger charge is 2.22. The standard InChI is InChI=1S/C12H12ClF2N3O3/c1-3-18-5-7(13)4-8(18)10(19)16-9-6(2)21-17-11(9)20-12(14)15/h4-5,12H,3H2,1-2H3,(H,16,19). The van der Waals surface area contributed by atoms with Crippen LogP contribution in [0.4, 0.5) is 14.5 Å². The molecule has 1 amide bonds. The third-order valence-corrected chi connectivity index (χ3v) is 2.91. The van der Waals surface area contributed by atoms with Gasteiger partial charge in [-0.2, -0.15) is 8.78 Å². The molecular formula is C12H12ClF2N3O3. The van der Waals surface area contributed by atoms with E-state index in [0.29, 0.717) is 11.6 Å². The molecule has 0 saturated heterocycles. The summed E-state index contributed by atoms with van der Waals surface area (Å²) in [6, 6.07) is 1.47. The maximum absolute atomic E-state index is 12.3. The molecule has 114 valence electrons. The maximum atomic E-state index is 12.3. The van der Waals surface area contributed by atoms with Crippen molar-refractivity contribution in [1.29, 1.82) is 0 Å². The largest absolute Gasteiger partial charge is 0.412 e. The number of carbonyl (C=O) groups is 1. The summed E-state index contributed by atoms with van der Waals surface area (Å²) in [7, 11) is 0. The van der Waals surface area contributed by atoms with E-state index in [1.54, 1.807) is 10.8 Å². The summed E-state index contributed by atoms with van der Waals surface area (Å²) >= 11 is 5.85. The molecule has 0 atom stereocenters. The number of aromatic nitrogens is 2. The van der Waals surface area contributed by atoms with E-state index >= 15 is 0 Å². The lowest BCUT2D eigenvalue weighted by molar-refractivity contribution is -0.0541. The molecule has 0 radical (unpaired) electrons. The Hall–Kier alpha value is -2.09. The quantitative estimate of drug-likeness (QED) is 0.918. The van der Waals surface area contributed by atoms with Gasteiger partial charge in [0.15, 0.2) is 5.76 Å². The van der Waals surface area contributed by atoms with Crippen LogP contribution in [0.3, 0.4) is 0 Å². The number of rotatable bonds is 5. The van der Waals surface area contributed by atoms with Crippen molar-refractivity contribution in [2.24, 2.45) is 0 Å². The highest BCUT2D eigenvalue weighted by atomic mass is 35.5. The summed E-state index contributed by atoms with van der Waals surface area (Å²) in [4.78, 5) is 12.2. The number of ether oxygens (including phenoxy) is 1. The van der Waals surface area contributed by atoms with E-state index in [0.717, 1.165) is 0 Å². The molecule has 2 heterocycles. The van der Waals surface area contributed by atoms with E-state index in [9.17, 15) is 13.6 Å². The van der Waals surface area contributed by atoms with Gasteiger partial charge in [-0.3, -0.25) is 4.79 Å². The summed E-state index contributed by atoms with van der Waals surface area (Å²) in [6.45, 7) is 0.757. The fourth-order valence-corrected chi connectivity index (χ4v) is 1.98. The van der Waals surface area contributed by atoms with E-state index in [-0.39, 0.29) is 17.1 Å². The number of anilines is 1. The van der Waals surface area contributed by atoms with Crippen LogP contribution in [0.15, 0.2) is 16.8 Å². The SMILES string of the molecule is CCn1cc(Cl)cc1C(=O)Nc1c(OC(F)F)noc1C. The van der Waals surface area contributed by atoms with Crippen LogP contribution in [0, 0.1) is 6.92 Å². The van der Waals surface area contributed by atoms with E-state index in [4.69, 9.17) is 16.1 Å². The molecule has 21 heavy (non-hydrogen) atoms. The Balaban J connectivity index is 2.25. The first kappa shape index (κ1) is 15.3. The molecule has 0 aliphatic rings. The minimum Gasteiger partial charge on any atom is -0.412 e. The molecule has 0 aliphatic carbocycles. The van der Waals surface area contributed by atoms with Gasteiger partial charge in [0.1, 0.15) is 11.4 Å². The van der Waals surface area contributed by atoms with Crippen LogP contribution in [0.1, 0.15) is 23.2 Å². The second kappa shape index (κ2) is 6.13. The van der Waals surface area contributed by atoms with Gasteiger partial charge in [-0.05, 0) is 25.1 Å². The number of hydrogen-bond acceptors (Lipinski definition) is 4. The van der Waals surface area contributed by atoms with Crippen molar-refractivity contribution >= 4 is 23.2 Å². The van der Waals surface area contributed by atoms with Crippen molar-refractivity contribution in [3.8, 4) is 5.88 Å². The van der Waals surface area contributed by atoms with Crippen molar-refractivity contribution in [3.63, 3.8) is 0 Å². The molecule has 0 aromatic carbocycles. The van der Waals surface area contributed by atoms with Crippen molar-refractivity contribution in [2.45, 2.75) is 27.0 Å². The topological polar surface area (TPSA) is 69.3 Å². The van der Waals surface area contributed by atoms with Crippen LogP contribution >= 0.6 is 11.6 Å². The highest BCUT2D eigenvalue weighted by Crippen LogP contribution is 2.29. The zero-order valence-electron chi connectivity index (χ0n) is 11.2. The summed E-state index contributed by atoms with van der Waals surface area (Å²) in [5.74, 6) is -0.856. The average Bonchev–Trinajstić information content (AvgIpc) is 2.95. The summed E-state index contributed by atoms with van der Waals surface area (Å²) in [5, 5.41) is 6.16. The monoisotopic (exact) mass is 319 g/mol. The molecule has 0 fully saturated rings. The minimum atomic E-state index is -3.07. The fourth-order valence-electron chi connectivity index (χ4n) is 1.76. The van der Waals surface area contributed by atoms with Gasteiger partial charge in [-0.25, -0.2) is 0 Å². The summed E-state index contributed by atoms with van der Waals surface area (Å²) < 4.78 is 35.0. The molecule has 0 saturated carbocycles. The number of nitrogens with zero attached hydrogens (tertiary/aromatic N) is 2. The van der Waals surface area contributed by atoms with Crippen molar-refractivity contribution in [1.82, 2.24) is 9.72 Å². The van der Waals surface area contributed by atoms with Gasteiger partial charge in [0, 0.05) is 12.7 Å². The second-order valence-electron chi connectivity index (χ2n) is 4.08. The van der Waals surface area contributed by atoms with Crippen LogP contribution in [0.25, 0.3) is 0 Å². The number of aryl methyl sites for hydroxylation is 2. The molecule has 0 spiro atoms. The Kier molecular flexibility index (Phi) is 4.46. The number of nitrogens with one attached hydrogen (secondary N) is 1. The predicted molar refractivity (Wildman–Crippen MR) is 70.9 cm³/mol. The van der Waals surface area contributed by atoms with Gasteiger partial charge in [-0.1, -0.05) is 11.6 Å². The van der Waals surface area contributed by atoms with Gasteiger partial charge >= 0.3 is 6.61 Å². The fraction of sp³-hybridized carbons (Fsp3) is 0.333. The Labute approximate surface area is 123 Å². The zero-order valence-corrected chi connectivity index (χ0v) is 11.9. The Morgan fingerprint density at radius 3 is 2.95 bits per heavy atom. The molecule has 2 aromatic rings. The first-order valence-electron chi connectivity index (χ1n) is 6.00. The zero-order chi connectivity index (χ0) is 15.6. The molecule has 6 nitrogen and oxygen atoms in total. The molecule has 2 rings (SSSR count). The third-order valence-electron chi connectivity index (χ3n) is 2.71. The number of halogens is 3. The van der Waals surface area contributed by atoms with E-state index in [2.05, 4.69) is 15.2 Å². The lowest BCUT2D eigenvalue weighted by atomic mass is 10.3. The second-order valence-corrected chi connectivity index (χ2v) is 4.52. The van der Waals surface area contributed by atoms with Crippen molar-refractivity contribution in [2.75, 3.05) is 5.32 Å². The van der Waals surface area contributed by atoms with Gasteiger partial charge in [0.25, 0.3) is 11.8 Å². The number of alkyl halides is 2. The number of hydrogen-bond donors (Lipinski definition) is 1. The number of amides is 1. The maximum Gasteiger partial charge on any atom is 0.388 e. The van der Waals surface area contributed by atoms with Crippen molar-refractivity contribution in [3.05, 3.63) is 28.7 Å². The van der Waals surface area contributed by atoms with Gasteiger partial charge in [0.2, 0.25) is 0 Å². The van der Waals surface area contributed by atoms with Gasteiger partial charge < -0.3 is 19.1 Å². The lowest BCUT2D eigenvalue weighted by Crippen LogP contribution is -2.17. The Morgan fingerprint density at radius 1 is 1.62 bits per heavy atom. The van der Waals surface area contributed by atoms with Gasteiger partial charge in [0.05, 0.1) is 5.02 Å². The van der Waals surface area contributed by atoms with E-state index < -0.39 is 18.4 Å². The lowest BCUT2D eigenvalue weighted by Gasteiger charge is -2.08. The highest BCUT2D eigenvalue weighted by molar-refractivity contribution is 6.31. The van der Waals surface area contributed by atoms with Gasteiger partial charge in [-0.15, -0.1) is 0 Å². The third kappa shape index (κ3) is 3.33. The summed E-state index contributed by atoms with van der Waals surface area (Å²) in [5.41, 5.74) is 0.242. The Bertz CT molecular complexity index is 654. The minimum absolute atomic E-state index is 0.0414. The molecular weight excluding hydrogens is 308 g/mol. The normalized spacial score (nSPS) is 11.0. The molecule has 0 bridgehead atoms. The number of carbonyl (C=O) groups excluding carboxylic acids is 1. The predicted octanol–water partition coefficient (Wildman–Crippen LogP) is 3.31. The molecule has 1 N–H and O–H groups in total. The summed E-state index contributed by atoms with van der Waals surface area (Å²) in [6.07, 6.45) is 1.59.